The van der Waals surface area contributed by atoms with Crippen LogP contribution < -0.4 is 5.32 Å². The Kier molecular flexibility index (Phi) is 4.56. The fourth-order valence-corrected chi connectivity index (χ4v) is 3.46. The summed E-state index contributed by atoms with van der Waals surface area (Å²) in [7, 11) is 0. The van der Waals surface area contributed by atoms with Crippen LogP contribution in [0.5, 0.6) is 0 Å². The van der Waals surface area contributed by atoms with Crippen molar-refractivity contribution in [1.82, 2.24) is 9.78 Å². The van der Waals surface area contributed by atoms with Gasteiger partial charge in [-0.05, 0) is 54.3 Å². The van der Waals surface area contributed by atoms with Crippen molar-refractivity contribution in [3.8, 4) is 16.3 Å². The number of halogens is 1. The van der Waals surface area contributed by atoms with Crippen molar-refractivity contribution in [2.75, 3.05) is 5.32 Å². The molecule has 0 radical (unpaired) electrons. The molecular weight excluding hydrogens is 361 g/mol. The van der Waals surface area contributed by atoms with Gasteiger partial charge >= 0.3 is 0 Å². The van der Waals surface area contributed by atoms with Gasteiger partial charge in [-0.3, -0.25) is 4.79 Å². The van der Waals surface area contributed by atoms with Gasteiger partial charge in [0.15, 0.2) is 0 Å². The lowest BCUT2D eigenvalue weighted by Gasteiger charge is -2.09. The number of amides is 1. The number of aromatic nitrogens is 2. The molecule has 0 atom stereocenters. The summed E-state index contributed by atoms with van der Waals surface area (Å²) in [5.41, 5.74) is 2.81. The van der Waals surface area contributed by atoms with E-state index < -0.39 is 11.7 Å². The highest BCUT2D eigenvalue weighted by Crippen LogP contribution is 2.26. The number of nitrogens with one attached hydrogen (secondary N) is 1. The summed E-state index contributed by atoms with van der Waals surface area (Å²) >= 11 is 1.55. The molecule has 27 heavy (non-hydrogen) atoms. The van der Waals surface area contributed by atoms with E-state index in [4.69, 9.17) is 0 Å². The van der Waals surface area contributed by atoms with Crippen LogP contribution in [0.2, 0.25) is 0 Å². The zero-order valence-corrected chi connectivity index (χ0v) is 15.3. The molecule has 4 nitrogen and oxygen atoms in total. The second-order valence-corrected chi connectivity index (χ2v) is 7.02. The second kappa shape index (κ2) is 7.17. The Morgan fingerprint density at radius 3 is 2.63 bits per heavy atom. The van der Waals surface area contributed by atoms with E-state index in [0.29, 0.717) is 11.4 Å². The minimum absolute atomic E-state index is 0.151. The van der Waals surface area contributed by atoms with E-state index in [0.717, 1.165) is 16.1 Å². The molecule has 0 unspecified atom stereocenters. The topological polar surface area (TPSA) is 46.9 Å². The average molecular weight is 377 g/mol. The van der Waals surface area contributed by atoms with Crippen LogP contribution in [0.1, 0.15) is 16.1 Å². The average Bonchev–Trinajstić information content (AvgIpc) is 3.35. The smallest absolute Gasteiger partial charge is 0.274 e. The molecule has 0 aliphatic carbocycles. The number of carbonyl (C=O) groups excluding carboxylic acids is 1. The number of para-hydroxylation sites is 1. The van der Waals surface area contributed by atoms with E-state index >= 15 is 0 Å². The summed E-state index contributed by atoms with van der Waals surface area (Å²) in [4.78, 5) is 13.9. The number of hydrogen-bond acceptors (Lipinski definition) is 3. The molecule has 2 aromatic carbocycles. The van der Waals surface area contributed by atoms with Gasteiger partial charge < -0.3 is 5.32 Å². The SMILES string of the molecule is Cc1ccc(F)c(NC(=O)c2cc(-c3cccs3)nn2-c2ccccc2)c1. The molecule has 134 valence electrons. The van der Waals surface area contributed by atoms with Gasteiger partial charge in [-0.1, -0.05) is 30.3 Å². The molecule has 0 saturated carbocycles. The zero-order valence-electron chi connectivity index (χ0n) is 14.5. The van der Waals surface area contributed by atoms with E-state index in [1.807, 2.05) is 54.8 Å². The minimum Gasteiger partial charge on any atom is -0.318 e. The first-order chi connectivity index (χ1) is 13.1. The Bertz CT molecular complexity index is 1090. The predicted molar refractivity (Wildman–Crippen MR) is 106 cm³/mol. The molecule has 2 aromatic heterocycles. The van der Waals surface area contributed by atoms with Crippen LogP contribution in [0.4, 0.5) is 10.1 Å². The molecule has 2 heterocycles. The normalized spacial score (nSPS) is 10.7. The molecule has 0 bridgehead atoms. The van der Waals surface area contributed by atoms with Gasteiger partial charge in [0.1, 0.15) is 17.2 Å². The molecule has 1 N–H and O–H groups in total. The Labute approximate surface area is 159 Å². The van der Waals surface area contributed by atoms with Crippen molar-refractivity contribution in [3.63, 3.8) is 0 Å². The molecule has 6 heteroatoms. The summed E-state index contributed by atoms with van der Waals surface area (Å²) in [5.74, 6) is -0.892. The Balaban J connectivity index is 1.76. The minimum atomic E-state index is -0.474. The number of benzene rings is 2. The Hall–Kier alpha value is -3.25. The third-order valence-corrected chi connectivity index (χ3v) is 4.98. The van der Waals surface area contributed by atoms with Crippen molar-refractivity contribution in [3.05, 3.63) is 89.2 Å². The first-order valence-electron chi connectivity index (χ1n) is 8.39. The third-order valence-electron chi connectivity index (χ3n) is 4.09. The maximum absolute atomic E-state index is 14.1. The number of hydrogen-bond donors (Lipinski definition) is 1. The van der Waals surface area contributed by atoms with Gasteiger partial charge in [-0.15, -0.1) is 11.3 Å². The van der Waals surface area contributed by atoms with Gasteiger partial charge in [-0.2, -0.15) is 5.10 Å². The second-order valence-electron chi connectivity index (χ2n) is 6.08. The van der Waals surface area contributed by atoms with Crippen molar-refractivity contribution < 1.29 is 9.18 Å². The van der Waals surface area contributed by atoms with Crippen LogP contribution in [0.25, 0.3) is 16.3 Å². The van der Waals surface area contributed by atoms with E-state index in [1.165, 1.54) is 6.07 Å². The van der Waals surface area contributed by atoms with Gasteiger partial charge in [0, 0.05) is 0 Å². The van der Waals surface area contributed by atoms with Crippen LogP contribution in [0.3, 0.4) is 0 Å². The standard InChI is InChI=1S/C21H16FN3OS/c1-14-9-10-16(22)17(12-14)23-21(26)19-13-18(20-8-5-11-27-20)24-25(19)15-6-3-2-4-7-15/h2-13H,1H3,(H,23,26). The number of nitrogens with zero attached hydrogens (tertiary/aromatic N) is 2. The molecule has 0 aliphatic heterocycles. The van der Waals surface area contributed by atoms with Crippen LogP contribution in [-0.2, 0) is 0 Å². The van der Waals surface area contributed by atoms with Crippen LogP contribution in [0, 0.1) is 12.7 Å². The van der Waals surface area contributed by atoms with Gasteiger partial charge in [0.05, 0.1) is 16.3 Å². The number of aryl methyl sites for hydroxylation is 1. The lowest BCUT2D eigenvalue weighted by Crippen LogP contribution is -2.17. The summed E-state index contributed by atoms with van der Waals surface area (Å²) in [5, 5.41) is 9.22. The highest BCUT2D eigenvalue weighted by Gasteiger charge is 2.19. The number of anilines is 1. The van der Waals surface area contributed by atoms with Gasteiger partial charge in [0.25, 0.3) is 5.91 Å². The first kappa shape index (κ1) is 17.2. The highest BCUT2D eigenvalue weighted by atomic mass is 32.1. The summed E-state index contributed by atoms with van der Waals surface area (Å²) in [6, 6.07) is 19.6. The Morgan fingerprint density at radius 1 is 1.07 bits per heavy atom. The monoisotopic (exact) mass is 377 g/mol. The molecule has 0 spiro atoms. The van der Waals surface area contributed by atoms with Crippen molar-refractivity contribution in [2.24, 2.45) is 0 Å². The van der Waals surface area contributed by atoms with E-state index in [9.17, 15) is 9.18 Å². The quantitative estimate of drug-likeness (QED) is 0.524. The third kappa shape index (κ3) is 3.52. The van der Waals surface area contributed by atoms with E-state index in [2.05, 4.69) is 10.4 Å². The number of thiophene rings is 1. The first-order valence-corrected chi connectivity index (χ1v) is 9.26. The zero-order chi connectivity index (χ0) is 18.8. The summed E-state index contributed by atoms with van der Waals surface area (Å²) in [6.45, 7) is 1.85. The maximum Gasteiger partial charge on any atom is 0.274 e. The molecule has 0 fully saturated rings. The van der Waals surface area contributed by atoms with Crippen LogP contribution in [0.15, 0.2) is 72.1 Å². The van der Waals surface area contributed by atoms with E-state index in [1.54, 1.807) is 34.2 Å². The largest absolute Gasteiger partial charge is 0.318 e. The highest BCUT2D eigenvalue weighted by molar-refractivity contribution is 7.13. The Morgan fingerprint density at radius 2 is 1.89 bits per heavy atom. The molecular formula is C21H16FN3OS. The summed E-state index contributed by atoms with van der Waals surface area (Å²) in [6.07, 6.45) is 0. The summed E-state index contributed by atoms with van der Waals surface area (Å²) < 4.78 is 15.6. The lowest BCUT2D eigenvalue weighted by atomic mass is 10.2. The molecule has 0 aliphatic rings. The predicted octanol–water partition coefficient (Wildman–Crippen LogP) is 5.30. The lowest BCUT2D eigenvalue weighted by molar-refractivity contribution is 0.101. The van der Waals surface area contributed by atoms with E-state index in [-0.39, 0.29) is 5.69 Å². The maximum atomic E-state index is 14.1. The molecule has 1 amide bonds. The molecule has 4 aromatic rings. The number of carbonyl (C=O) groups is 1. The fourth-order valence-electron chi connectivity index (χ4n) is 2.77. The number of rotatable bonds is 4. The van der Waals surface area contributed by atoms with Crippen LogP contribution in [-0.4, -0.2) is 15.7 Å². The van der Waals surface area contributed by atoms with Crippen LogP contribution >= 0.6 is 11.3 Å². The molecule has 4 rings (SSSR count). The van der Waals surface area contributed by atoms with Crippen molar-refractivity contribution in [2.45, 2.75) is 6.92 Å². The van der Waals surface area contributed by atoms with Crippen molar-refractivity contribution >= 4 is 22.9 Å². The molecule has 0 saturated heterocycles. The fraction of sp³-hybridized carbons (Fsp3) is 0.0476. The van der Waals surface area contributed by atoms with Crippen molar-refractivity contribution in [1.29, 1.82) is 0 Å². The van der Waals surface area contributed by atoms with Gasteiger partial charge in [-0.25, -0.2) is 9.07 Å². The van der Waals surface area contributed by atoms with Gasteiger partial charge in [0.2, 0.25) is 0 Å².